The maximum atomic E-state index is 12.0. The molecule has 0 saturated heterocycles. The molecule has 110 valence electrons. The highest BCUT2D eigenvalue weighted by atomic mass is 127. The Labute approximate surface area is 134 Å². The van der Waals surface area contributed by atoms with Crippen molar-refractivity contribution in [2.45, 2.75) is 26.7 Å². The molecule has 1 heterocycles. The van der Waals surface area contributed by atoms with E-state index < -0.39 is 4.92 Å². The van der Waals surface area contributed by atoms with Crippen LogP contribution < -0.4 is 5.56 Å². The van der Waals surface area contributed by atoms with Crippen molar-refractivity contribution in [1.82, 2.24) is 9.97 Å². The van der Waals surface area contributed by atoms with E-state index >= 15 is 0 Å². The van der Waals surface area contributed by atoms with Crippen LogP contribution in [0.25, 0.3) is 11.4 Å². The summed E-state index contributed by atoms with van der Waals surface area (Å²) < 4.78 is 0.550. The topological polar surface area (TPSA) is 88.9 Å². The van der Waals surface area contributed by atoms with E-state index in [1.165, 1.54) is 12.1 Å². The fraction of sp³-hybridized carbons (Fsp3) is 0.286. The predicted molar refractivity (Wildman–Crippen MR) is 88.5 cm³/mol. The number of aryl methyl sites for hydroxylation is 1. The number of benzene rings is 1. The Morgan fingerprint density at radius 3 is 2.62 bits per heavy atom. The zero-order chi connectivity index (χ0) is 15.7. The van der Waals surface area contributed by atoms with Crippen LogP contribution in [0.5, 0.6) is 0 Å². The van der Waals surface area contributed by atoms with Crippen LogP contribution in [0, 0.1) is 20.6 Å². The number of nitro benzene ring substituents is 1. The first-order chi connectivity index (χ1) is 9.81. The minimum atomic E-state index is -0.461. The second-order valence-corrected chi connectivity index (χ2v) is 6.10. The van der Waals surface area contributed by atoms with Gasteiger partial charge in [-0.05, 0) is 41.0 Å². The second-order valence-electron chi connectivity index (χ2n) is 5.02. The number of nitrogens with one attached hydrogen (secondary N) is 1. The predicted octanol–water partition coefficient (Wildman–Crippen LogP) is 3.38. The molecule has 7 heteroatoms. The Morgan fingerprint density at radius 2 is 2.05 bits per heavy atom. The largest absolute Gasteiger partial charge is 0.306 e. The molecule has 0 amide bonds. The minimum Gasteiger partial charge on any atom is -0.306 e. The molecule has 1 aromatic carbocycles. The molecule has 1 N–H and O–H groups in total. The molecule has 0 radical (unpaired) electrons. The fourth-order valence-corrected chi connectivity index (χ4v) is 2.84. The number of H-pyrrole nitrogens is 1. The highest BCUT2D eigenvalue weighted by molar-refractivity contribution is 14.1. The fourth-order valence-electron chi connectivity index (χ4n) is 1.96. The maximum absolute atomic E-state index is 12.0. The second kappa shape index (κ2) is 5.92. The Kier molecular flexibility index (Phi) is 4.40. The summed E-state index contributed by atoms with van der Waals surface area (Å²) >= 11 is 1.97. The van der Waals surface area contributed by atoms with E-state index in [9.17, 15) is 14.9 Å². The monoisotopic (exact) mass is 399 g/mol. The van der Waals surface area contributed by atoms with Gasteiger partial charge < -0.3 is 4.98 Å². The summed E-state index contributed by atoms with van der Waals surface area (Å²) in [4.78, 5) is 29.7. The van der Waals surface area contributed by atoms with Gasteiger partial charge in [0.15, 0.2) is 0 Å². The Morgan fingerprint density at radius 1 is 1.38 bits per heavy atom. The van der Waals surface area contributed by atoms with Gasteiger partial charge in [0.1, 0.15) is 5.82 Å². The number of hydrogen-bond acceptors (Lipinski definition) is 4. The SMILES string of the molecule is Cc1ccc([N+](=O)[O-])cc1-c1nc(C(C)C)c(I)c(=O)[nH]1. The lowest BCUT2D eigenvalue weighted by molar-refractivity contribution is -0.384. The third-order valence-electron chi connectivity index (χ3n) is 3.12. The molecular weight excluding hydrogens is 385 g/mol. The first-order valence-electron chi connectivity index (χ1n) is 6.36. The van der Waals surface area contributed by atoms with Gasteiger partial charge >= 0.3 is 0 Å². The first kappa shape index (κ1) is 15.6. The van der Waals surface area contributed by atoms with Crippen molar-refractivity contribution in [2.24, 2.45) is 0 Å². The molecule has 0 atom stereocenters. The number of nitro groups is 1. The number of nitrogens with zero attached hydrogens (tertiary/aromatic N) is 2. The molecule has 2 aromatic rings. The van der Waals surface area contributed by atoms with Gasteiger partial charge in [0.25, 0.3) is 11.2 Å². The number of aromatic amines is 1. The molecule has 0 unspecified atom stereocenters. The number of aromatic nitrogens is 2. The van der Waals surface area contributed by atoms with Crippen molar-refractivity contribution in [3.05, 3.63) is 53.5 Å². The zero-order valence-electron chi connectivity index (χ0n) is 11.8. The number of non-ortho nitro benzene ring substituents is 1. The molecule has 0 aliphatic carbocycles. The summed E-state index contributed by atoms with van der Waals surface area (Å²) in [6, 6.07) is 4.53. The summed E-state index contributed by atoms with van der Waals surface area (Å²) in [7, 11) is 0. The van der Waals surface area contributed by atoms with Gasteiger partial charge in [0, 0.05) is 17.7 Å². The molecule has 0 aliphatic rings. The highest BCUT2D eigenvalue weighted by Crippen LogP contribution is 2.26. The Hall–Kier alpha value is -1.77. The van der Waals surface area contributed by atoms with E-state index in [1.807, 2.05) is 43.4 Å². The third kappa shape index (κ3) is 3.12. The van der Waals surface area contributed by atoms with Crippen molar-refractivity contribution in [1.29, 1.82) is 0 Å². The molecule has 2 rings (SSSR count). The summed E-state index contributed by atoms with van der Waals surface area (Å²) in [5.74, 6) is 0.460. The maximum Gasteiger partial charge on any atom is 0.270 e. The van der Waals surface area contributed by atoms with Crippen LogP contribution >= 0.6 is 22.6 Å². The standard InChI is InChI=1S/C14H14IN3O3/c1-7(2)12-11(15)14(19)17-13(16-12)10-6-9(18(20)21)5-4-8(10)3/h4-7H,1-3H3,(H,16,17,19). The molecule has 0 spiro atoms. The van der Waals surface area contributed by atoms with Gasteiger partial charge in [-0.3, -0.25) is 14.9 Å². The molecule has 0 bridgehead atoms. The van der Waals surface area contributed by atoms with Gasteiger partial charge in [-0.2, -0.15) is 0 Å². The molecule has 0 aliphatic heterocycles. The van der Waals surface area contributed by atoms with Gasteiger partial charge in [-0.15, -0.1) is 0 Å². The Balaban J connectivity index is 2.70. The highest BCUT2D eigenvalue weighted by Gasteiger charge is 2.16. The van der Waals surface area contributed by atoms with E-state index in [0.717, 1.165) is 5.56 Å². The average Bonchev–Trinajstić information content (AvgIpc) is 2.41. The number of hydrogen-bond donors (Lipinski definition) is 1. The van der Waals surface area contributed by atoms with Crippen LogP contribution in [0.1, 0.15) is 31.0 Å². The molecular formula is C14H14IN3O3. The quantitative estimate of drug-likeness (QED) is 0.487. The summed E-state index contributed by atoms with van der Waals surface area (Å²) in [5.41, 5.74) is 1.83. The van der Waals surface area contributed by atoms with Gasteiger partial charge in [0.2, 0.25) is 0 Å². The molecule has 0 saturated carbocycles. The van der Waals surface area contributed by atoms with Gasteiger partial charge in [0.05, 0.1) is 14.2 Å². The van der Waals surface area contributed by atoms with E-state index in [0.29, 0.717) is 20.7 Å². The normalized spacial score (nSPS) is 10.9. The van der Waals surface area contributed by atoms with E-state index in [4.69, 9.17) is 0 Å². The number of halogens is 1. The molecule has 0 fully saturated rings. The van der Waals surface area contributed by atoms with Crippen molar-refractivity contribution < 1.29 is 4.92 Å². The minimum absolute atomic E-state index is 0.0251. The molecule has 21 heavy (non-hydrogen) atoms. The average molecular weight is 399 g/mol. The van der Waals surface area contributed by atoms with Crippen LogP contribution in [0.15, 0.2) is 23.0 Å². The molecule has 6 nitrogen and oxygen atoms in total. The Bertz CT molecular complexity index is 769. The van der Waals surface area contributed by atoms with Crippen LogP contribution in [-0.2, 0) is 0 Å². The van der Waals surface area contributed by atoms with E-state index in [1.54, 1.807) is 6.07 Å². The van der Waals surface area contributed by atoms with Crippen LogP contribution in [0.4, 0.5) is 5.69 Å². The van der Waals surface area contributed by atoms with Crippen LogP contribution in [0.3, 0.4) is 0 Å². The van der Waals surface area contributed by atoms with Crippen molar-refractivity contribution in [3.8, 4) is 11.4 Å². The first-order valence-corrected chi connectivity index (χ1v) is 7.44. The van der Waals surface area contributed by atoms with Gasteiger partial charge in [-0.1, -0.05) is 19.9 Å². The number of rotatable bonds is 3. The van der Waals surface area contributed by atoms with Crippen molar-refractivity contribution in [3.63, 3.8) is 0 Å². The lowest BCUT2D eigenvalue weighted by Crippen LogP contribution is -2.17. The zero-order valence-corrected chi connectivity index (χ0v) is 14.0. The summed E-state index contributed by atoms with van der Waals surface area (Å²) in [6.07, 6.45) is 0. The van der Waals surface area contributed by atoms with Crippen LogP contribution in [0.2, 0.25) is 0 Å². The molecule has 1 aromatic heterocycles. The smallest absolute Gasteiger partial charge is 0.270 e. The lowest BCUT2D eigenvalue weighted by Gasteiger charge is -2.11. The van der Waals surface area contributed by atoms with Crippen molar-refractivity contribution in [2.75, 3.05) is 0 Å². The van der Waals surface area contributed by atoms with Crippen molar-refractivity contribution >= 4 is 28.3 Å². The van der Waals surface area contributed by atoms with Gasteiger partial charge in [-0.25, -0.2) is 4.98 Å². The van der Waals surface area contributed by atoms with E-state index in [2.05, 4.69) is 9.97 Å². The lowest BCUT2D eigenvalue weighted by atomic mass is 10.1. The van der Waals surface area contributed by atoms with Crippen LogP contribution in [-0.4, -0.2) is 14.9 Å². The summed E-state index contributed by atoms with van der Waals surface area (Å²) in [6.45, 7) is 5.73. The summed E-state index contributed by atoms with van der Waals surface area (Å²) in [5, 5.41) is 10.9. The third-order valence-corrected chi connectivity index (χ3v) is 4.16. The van der Waals surface area contributed by atoms with E-state index in [-0.39, 0.29) is 17.2 Å².